The summed E-state index contributed by atoms with van der Waals surface area (Å²) in [6, 6.07) is 14.7. The van der Waals surface area contributed by atoms with Crippen LogP contribution >= 0.6 is 0 Å². The van der Waals surface area contributed by atoms with Crippen LogP contribution in [0.25, 0.3) is 5.69 Å². The molecule has 3 aromatic rings. The first-order valence-electron chi connectivity index (χ1n) is 8.14. The fourth-order valence-electron chi connectivity index (χ4n) is 2.55. The number of esters is 1. The van der Waals surface area contributed by atoms with Crippen molar-refractivity contribution in [1.82, 2.24) is 9.78 Å². The van der Waals surface area contributed by atoms with Gasteiger partial charge in [-0.25, -0.2) is 9.48 Å². The molecule has 1 N–H and O–H groups in total. The van der Waals surface area contributed by atoms with Crippen molar-refractivity contribution in [2.24, 2.45) is 0 Å². The molecule has 0 atom stereocenters. The number of benzene rings is 2. The number of methoxy groups -OCH3 is 1. The number of para-hydroxylation sites is 1. The predicted octanol–water partition coefficient (Wildman–Crippen LogP) is 3.15. The van der Waals surface area contributed by atoms with E-state index in [0.717, 1.165) is 16.8 Å². The fourth-order valence-corrected chi connectivity index (χ4v) is 2.55. The van der Waals surface area contributed by atoms with Gasteiger partial charge in [-0.2, -0.15) is 5.10 Å². The van der Waals surface area contributed by atoms with Gasteiger partial charge in [-0.1, -0.05) is 24.3 Å². The van der Waals surface area contributed by atoms with E-state index in [4.69, 9.17) is 4.74 Å². The van der Waals surface area contributed by atoms with E-state index >= 15 is 0 Å². The summed E-state index contributed by atoms with van der Waals surface area (Å²) >= 11 is 0. The number of rotatable bonds is 5. The van der Waals surface area contributed by atoms with Crippen molar-refractivity contribution in [3.05, 3.63) is 77.6 Å². The first-order valence-corrected chi connectivity index (χ1v) is 8.14. The highest BCUT2D eigenvalue weighted by Crippen LogP contribution is 2.18. The SMILES string of the molecule is COC(=O)c1ccc(C)c(NC(=O)Cc2cnn(-c3ccccc3)c2)c1. The summed E-state index contributed by atoms with van der Waals surface area (Å²) in [6.45, 7) is 1.87. The average Bonchev–Trinajstić information content (AvgIpc) is 3.12. The van der Waals surface area contributed by atoms with Crippen LogP contribution in [0.4, 0.5) is 5.69 Å². The summed E-state index contributed by atoms with van der Waals surface area (Å²) in [7, 11) is 1.32. The third-order valence-corrected chi connectivity index (χ3v) is 3.95. The summed E-state index contributed by atoms with van der Waals surface area (Å²) in [4.78, 5) is 24.0. The molecule has 0 spiro atoms. The van der Waals surface area contributed by atoms with Crippen molar-refractivity contribution < 1.29 is 14.3 Å². The van der Waals surface area contributed by atoms with Crippen molar-refractivity contribution in [2.75, 3.05) is 12.4 Å². The van der Waals surface area contributed by atoms with Gasteiger partial charge < -0.3 is 10.1 Å². The highest BCUT2D eigenvalue weighted by atomic mass is 16.5. The maximum Gasteiger partial charge on any atom is 0.337 e. The summed E-state index contributed by atoms with van der Waals surface area (Å²) in [5.41, 5.74) is 3.58. The zero-order valence-electron chi connectivity index (χ0n) is 14.6. The minimum atomic E-state index is -0.440. The normalized spacial score (nSPS) is 10.4. The third kappa shape index (κ3) is 3.97. The molecule has 1 heterocycles. The molecule has 26 heavy (non-hydrogen) atoms. The number of aryl methyl sites for hydroxylation is 1. The monoisotopic (exact) mass is 349 g/mol. The first kappa shape index (κ1) is 17.4. The lowest BCUT2D eigenvalue weighted by Gasteiger charge is -2.09. The smallest absolute Gasteiger partial charge is 0.337 e. The van der Waals surface area contributed by atoms with Gasteiger partial charge in [0.1, 0.15) is 0 Å². The number of ether oxygens (including phenoxy) is 1. The number of anilines is 1. The Balaban J connectivity index is 1.70. The quantitative estimate of drug-likeness (QED) is 0.718. The van der Waals surface area contributed by atoms with Gasteiger partial charge in [0.05, 0.1) is 31.0 Å². The van der Waals surface area contributed by atoms with E-state index in [1.807, 2.05) is 43.5 Å². The van der Waals surface area contributed by atoms with E-state index < -0.39 is 5.97 Å². The number of hydrogen-bond donors (Lipinski definition) is 1. The summed E-state index contributed by atoms with van der Waals surface area (Å²) in [5, 5.41) is 7.13. The number of carbonyl (C=O) groups excluding carboxylic acids is 2. The number of aromatic nitrogens is 2. The second kappa shape index (κ2) is 7.65. The Labute approximate surface area is 151 Å². The highest BCUT2D eigenvalue weighted by Gasteiger charge is 2.12. The average molecular weight is 349 g/mol. The van der Waals surface area contributed by atoms with E-state index in [1.54, 1.807) is 29.1 Å². The molecule has 0 fully saturated rings. The minimum Gasteiger partial charge on any atom is -0.465 e. The molecule has 132 valence electrons. The number of carbonyl (C=O) groups is 2. The lowest BCUT2D eigenvalue weighted by atomic mass is 10.1. The van der Waals surface area contributed by atoms with Crippen molar-refractivity contribution in [3.8, 4) is 5.69 Å². The first-order chi connectivity index (χ1) is 12.6. The van der Waals surface area contributed by atoms with Crippen LogP contribution in [0, 0.1) is 6.92 Å². The molecule has 6 nitrogen and oxygen atoms in total. The Bertz CT molecular complexity index is 932. The van der Waals surface area contributed by atoms with Crippen molar-refractivity contribution >= 4 is 17.6 Å². The van der Waals surface area contributed by atoms with E-state index in [0.29, 0.717) is 11.3 Å². The summed E-state index contributed by atoms with van der Waals surface area (Å²) in [5.74, 6) is -0.618. The Morgan fingerprint density at radius 3 is 2.65 bits per heavy atom. The van der Waals surface area contributed by atoms with Gasteiger partial charge in [0.25, 0.3) is 0 Å². The molecule has 0 saturated heterocycles. The van der Waals surface area contributed by atoms with Crippen LogP contribution in [0.3, 0.4) is 0 Å². The maximum atomic E-state index is 12.4. The van der Waals surface area contributed by atoms with Gasteiger partial charge in [-0.05, 0) is 42.3 Å². The molecule has 0 saturated carbocycles. The van der Waals surface area contributed by atoms with Gasteiger partial charge in [-0.15, -0.1) is 0 Å². The zero-order valence-corrected chi connectivity index (χ0v) is 14.6. The second-order valence-electron chi connectivity index (χ2n) is 5.87. The molecule has 0 aliphatic carbocycles. The van der Waals surface area contributed by atoms with Gasteiger partial charge in [0, 0.05) is 11.9 Å². The zero-order chi connectivity index (χ0) is 18.5. The molecule has 3 rings (SSSR count). The third-order valence-electron chi connectivity index (χ3n) is 3.95. The van der Waals surface area contributed by atoms with Gasteiger partial charge in [0.15, 0.2) is 0 Å². The molecular weight excluding hydrogens is 330 g/mol. The van der Waals surface area contributed by atoms with E-state index in [2.05, 4.69) is 10.4 Å². The Hall–Kier alpha value is -3.41. The molecule has 1 aromatic heterocycles. The van der Waals surface area contributed by atoms with Gasteiger partial charge >= 0.3 is 5.97 Å². The Morgan fingerprint density at radius 1 is 1.15 bits per heavy atom. The lowest BCUT2D eigenvalue weighted by Crippen LogP contribution is -2.15. The second-order valence-corrected chi connectivity index (χ2v) is 5.87. The van der Waals surface area contributed by atoms with Gasteiger partial charge in [0.2, 0.25) is 5.91 Å². The lowest BCUT2D eigenvalue weighted by molar-refractivity contribution is -0.115. The standard InChI is InChI=1S/C20H19N3O3/c1-14-8-9-16(20(25)26-2)11-18(14)22-19(24)10-15-12-21-23(13-15)17-6-4-3-5-7-17/h3-9,11-13H,10H2,1-2H3,(H,22,24). The molecule has 0 aliphatic rings. The Kier molecular flexibility index (Phi) is 5.12. The van der Waals surface area contributed by atoms with Crippen LogP contribution in [0.2, 0.25) is 0 Å². The molecule has 2 aromatic carbocycles. The molecule has 1 amide bonds. The minimum absolute atomic E-state index is 0.178. The molecule has 0 unspecified atom stereocenters. The van der Waals surface area contributed by atoms with Crippen LogP contribution in [-0.2, 0) is 16.0 Å². The molecular formula is C20H19N3O3. The summed E-state index contributed by atoms with van der Waals surface area (Å²) < 4.78 is 6.44. The van der Waals surface area contributed by atoms with Crippen LogP contribution in [0.5, 0.6) is 0 Å². The van der Waals surface area contributed by atoms with Crippen LogP contribution in [-0.4, -0.2) is 28.8 Å². The van der Waals surface area contributed by atoms with Gasteiger partial charge in [-0.3, -0.25) is 4.79 Å². The molecule has 0 aliphatic heterocycles. The van der Waals surface area contributed by atoms with Crippen molar-refractivity contribution in [3.63, 3.8) is 0 Å². The van der Waals surface area contributed by atoms with Crippen molar-refractivity contribution in [2.45, 2.75) is 13.3 Å². The molecule has 0 bridgehead atoms. The van der Waals surface area contributed by atoms with Crippen LogP contribution in [0.1, 0.15) is 21.5 Å². The Morgan fingerprint density at radius 2 is 1.92 bits per heavy atom. The maximum absolute atomic E-state index is 12.4. The van der Waals surface area contributed by atoms with Crippen LogP contribution in [0.15, 0.2) is 60.9 Å². The highest BCUT2D eigenvalue weighted by molar-refractivity contribution is 5.96. The predicted molar refractivity (Wildman–Crippen MR) is 98.4 cm³/mol. The topological polar surface area (TPSA) is 73.2 Å². The number of nitrogens with one attached hydrogen (secondary N) is 1. The number of nitrogens with zero attached hydrogens (tertiary/aromatic N) is 2. The van der Waals surface area contributed by atoms with E-state index in [1.165, 1.54) is 7.11 Å². The molecule has 6 heteroatoms. The number of hydrogen-bond acceptors (Lipinski definition) is 4. The van der Waals surface area contributed by atoms with Crippen molar-refractivity contribution in [1.29, 1.82) is 0 Å². The van der Waals surface area contributed by atoms with Crippen LogP contribution < -0.4 is 5.32 Å². The molecule has 0 radical (unpaired) electrons. The van der Waals surface area contributed by atoms with E-state index in [-0.39, 0.29) is 12.3 Å². The fraction of sp³-hybridized carbons (Fsp3) is 0.150. The summed E-state index contributed by atoms with van der Waals surface area (Å²) in [6.07, 6.45) is 3.69. The number of amides is 1. The largest absolute Gasteiger partial charge is 0.465 e. The van der Waals surface area contributed by atoms with E-state index in [9.17, 15) is 9.59 Å².